The Labute approximate surface area is 104 Å². The first kappa shape index (κ1) is 11.4. The van der Waals surface area contributed by atoms with Crippen molar-refractivity contribution in [2.75, 3.05) is 0 Å². The number of rotatable bonds is 3. The zero-order chi connectivity index (χ0) is 11.5. The average molecular weight is 251 g/mol. The minimum absolute atomic E-state index is 0.118. The molecule has 0 saturated carbocycles. The lowest BCUT2D eigenvalue weighted by atomic mass is 10.0. The predicted octanol–water partition coefficient (Wildman–Crippen LogP) is 4.14. The van der Waals surface area contributed by atoms with E-state index >= 15 is 0 Å². The SMILES string of the molecule is Cc1ccc(CC(=O)c2ccsc2)c(Cl)c1. The van der Waals surface area contributed by atoms with Gasteiger partial charge in [-0.05, 0) is 35.6 Å². The molecular formula is C13H11ClOS. The van der Waals surface area contributed by atoms with Gasteiger partial charge in [-0.25, -0.2) is 0 Å². The third kappa shape index (κ3) is 2.52. The second-order valence-corrected chi connectivity index (χ2v) is 4.89. The second-order valence-electron chi connectivity index (χ2n) is 3.71. The van der Waals surface area contributed by atoms with Crippen molar-refractivity contribution in [2.24, 2.45) is 0 Å². The summed E-state index contributed by atoms with van der Waals surface area (Å²) in [6.45, 7) is 1.98. The lowest BCUT2D eigenvalue weighted by molar-refractivity contribution is 0.0993. The van der Waals surface area contributed by atoms with Crippen LogP contribution in [0.1, 0.15) is 21.5 Å². The number of ketones is 1. The van der Waals surface area contributed by atoms with Crippen LogP contribution in [0.25, 0.3) is 0 Å². The Morgan fingerprint density at radius 1 is 1.38 bits per heavy atom. The van der Waals surface area contributed by atoms with E-state index in [0.717, 1.165) is 16.7 Å². The van der Waals surface area contributed by atoms with Crippen LogP contribution < -0.4 is 0 Å². The molecule has 1 heterocycles. The van der Waals surface area contributed by atoms with Crippen molar-refractivity contribution < 1.29 is 4.79 Å². The van der Waals surface area contributed by atoms with Crippen LogP contribution >= 0.6 is 22.9 Å². The molecule has 1 aromatic heterocycles. The van der Waals surface area contributed by atoms with Gasteiger partial charge in [-0.2, -0.15) is 11.3 Å². The van der Waals surface area contributed by atoms with E-state index in [1.165, 1.54) is 11.3 Å². The standard InChI is InChI=1S/C13H11ClOS/c1-9-2-3-10(12(14)6-9)7-13(15)11-4-5-16-8-11/h2-6,8H,7H2,1H3. The van der Waals surface area contributed by atoms with Gasteiger partial charge in [0.05, 0.1) is 0 Å². The average Bonchev–Trinajstić information content (AvgIpc) is 2.75. The highest BCUT2D eigenvalue weighted by Crippen LogP contribution is 2.20. The molecule has 0 spiro atoms. The Hall–Kier alpha value is -1.12. The van der Waals surface area contributed by atoms with Crippen molar-refractivity contribution in [3.05, 3.63) is 56.7 Å². The molecule has 2 aromatic rings. The minimum atomic E-state index is 0.118. The van der Waals surface area contributed by atoms with Gasteiger partial charge in [-0.15, -0.1) is 0 Å². The molecule has 0 saturated heterocycles. The van der Waals surface area contributed by atoms with Gasteiger partial charge < -0.3 is 0 Å². The first-order valence-electron chi connectivity index (χ1n) is 4.97. The quantitative estimate of drug-likeness (QED) is 0.749. The van der Waals surface area contributed by atoms with Crippen molar-refractivity contribution in [3.8, 4) is 0 Å². The van der Waals surface area contributed by atoms with Crippen molar-refractivity contribution in [1.82, 2.24) is 0 Å². The fourth-order valence-electron chi connectivity index (χ4n) is 1.49. The second kappa shape index (κ2) is 4.81. The topological polar surface area (TPSA) is 17.1 Å². The van der Waals surface area contributed by atoms with E-state index in [0.29, 0.717) is 11.4 Å². The van der Waals surface area contributed by atoms with E-state index in [-0.39, 0.29) is 5.78 Å². The van der Waals surface area contributed by atoms with Crippen molar-refractivity contribution in [3.63, 3.8) is 0 Å². The molecule has 1 aromatic carbocycles. The molecule has 0 aliphatic heterocycles. The molecule has 0 aliphatic carbocycles. The molecule has 0 amide bonds. The van der Waals surface area contributed by atoms with Crippen LogP contribution in [0, 0.1) is 6.92 Å². The van der Waals surface area contributed by atoms with Crippen LogP contribution in [0.4, 0.5) is 0 Å². The van der Waals surface area contributed by atoms with Crippen LogP contribution in [-0.2, 0) is 6.42 Å². The Balaban J connectivity index is 2.18. The number of benzene rings is 1. The summed E-state index contributed by atoms with van der Waals surface area (Å²) >= 11 is 7.62. The number of carbonyl (C=O) groups is 1. The lowest BCUT2D eigenvalue weighted by Gasteiger charge is -2.03. The highest BCUT2D eigenvalue weighted by Gasteiger charge is 2.09. The maximum atomic E-state index is 11.9. The number of thiophene rings is 1. The van der Waals surface area contributed by atoms with Crippen LogP contribution in [0.5, 0.6) is 0 Å². The Kier molecular flexibility index (Phi) is 3.42. The molecule has 0 atom stereocenters. The minimum Gasteiger partial charge on any atom is -0.294 e. The number of halogens is 1. The van der Waals surface area contributed by atoms with E-state index in [1.807, 2.05) is 41.9 Å². The van der Waals surface area contributed by atoms with Gasteiger partial charge in [0, 0.05) is 22.4 Å². The number of hydrogen-bond donors (Lipinski definition) is 0. The summed E-state index contributed by atoms with van der Waals surface area (Å²) in [7, 11) is 0. The molecule has 1 nitrogen and oxygen atoms in total. The number of Topliss-reactive ketones (excluding diaryl/α,β-unsaturated/α-hetero) is 1. The molecule has 82 valence electrons. The summed E-state index contributed by atoms with van der Waals surface area (Å²) in [5.74, 6) is 0.118. The molecule has 3 heteroatoms. The van der Waals surface area contributed by atoms with Crippen molar-refractivity contribution >= 4 is 28.7 Å². The highest BCUT2D eigenvalue weighted by molar-refractivity contribution is 7.08. The van der Waals surface area contributed by atoms with Crippen molar-refractivity contribution in [2.45, 2.75) is 13.3 Å². The third-order valence-corrected chi connectivity index (χ3v) is 3.44. The summed E-state index contributed by atoms with van der Waals surface area (Å²) in [6.07, 6.45) is 0.371. The zero-order valence-electron chi connectivity index (χ0n) is 8.87. The first-order valence-corrected chi connectivity index (χ1v) is 6.29. The lowest BCUT2D eigenvalue weighted by Crippen LogP contribution is -2.02. The Morgan fingerprint density at radius 3 is 2.81 bits per heavy atom. The van der Waals surface area contributed by atoms with E-state index in [9.17, 15) is 4.79 Å². The molecule has 0 unspecified atom stereocenters. The predicted molar refractivity (Wildman–Crippen MR) is 68.5 cm³/mol. The van der Waals surface area contributed by atoms with Gasteiger partial charge in [0.25, 0.3) is 0 Å². The molecule has 0 radical (unpaired) electrons. The molecule has 2 rings (SSSR count). The summed E-state index contributed by atoms with van der Waals surface area (Å²) in [4.78, 5) is 11.9. The first-order chi connectivity index (χ1) is 7.66. The maximum Gasteiger partial charge on any atom is 0.168 e. The van der Waals surface area contributed by atoms with Gasteiger partial charge in [0.1, 0.15) is 0 Å². The Bertz CT molecular complexity index is 503. The molecule has 0 aliphatic rings. The molecule has 0 fully saturated rings. The number of aryl methyl sites for hydroxylation is 1. The molecular weight excluding hydrogens is 240 g/mol. The van der Waals surface area contributed by atoms with Crippen LogP contribution in [0.2, 0.25) is 5.02 Å². The zero-order valence-corrected chi connectivity index (χ0v) is 10.4. The molecule has 0 N–H and O–H groups in total. The summed E-state index contributed by atoms with van der Waals surface area (Å²) in [6, 6.07) is 7.62. The van der Waals surface area contributed by atoms with Gasteiger partial charge in [-0.3, -0.25) is 4.79 Å². The number of hydrogen-bond acceptors (Lipinski definition) is 2. The maximum absolute atomic E-state index is 11.9. The molecule has 0 bridgehead atoms. The van der Waals surface area contributed by atoms with Gasteiger partial charge in [0.15, 0.2) is 5.78 Å². The largest absolute Gasteiger partial charge is 0.294 e. The fraction of sp³-hybridized carbons (Fsp3) is 0.154. The van der Waals surface area contributed by atoms with Crippen LogP contribution in [-0.4, -0.2) is 5.78 Å². The highest BCUT2D eigenvalue weighted by atomic mass is 35.5. The fourth-order valence-corrected chi connectivity index (χ4v) is 2.46. The van der Waals surface area contributed by atoms with E-state index in [2.05, 4.69) is 0 Å². The van der Waals surface area contributed by atoms with Crippen LogP contribution in [0.3, 0.4) is 0 Å². The van der Waals surface area contributed by atoms with Crippen molar-refractivity contribution in [1.29, 1.82) is 0 Å². The van der Waals surface area contributed by atoms with E-state index in [4.69, 9.17) is 11.6 Å². The van der Waals surface area contributed by atoms with Gasteiger partial charge in [0.2, 0.25) is 0 Å². The summed E-state index contributed by atoms with van der Waals surface area (Å²) in [5, 5.41) is 4.44. The summed E-state index contributed by atoms with van der Waals surface area (Å²) < 4.78 is 0. The smallest absolute Gasteiger partial charge is 0.168 e. The van der Waals surface area contributed by atoms with Crippen LogP contribution in [0.15, 0.2) is 35.0 Å². The van der Waals surface area contributed by atoms with E-state index < -0.39 is 0 Å². The monoisotopic (exact) mass is 250 g/mol. The number of carbonyl (C=O) groups excluding carboxylic acids is 1. The normalized spacial score (nSPS) is 10.4. The Morgan fingerprint density at radius 2 is 2.19 bits per heavy atom. The van der Waals surface area contributed by atoms with Gasteiger partial charge >= 0.3 is 0 Å². The molecule has 16 heavy (non-hydrogen) atoms. The van der Waals surface area contributed by atoms with Gasteiger partial charge in [-0.1, -0.05) is 23.7 Å². The third-order valence-electron chi connectivity index (χ3n) is 2.40. The summed E-state index contributed by atoms with van der Waals surface area (Å²) in [5.41, 5.74) is 2.77. The van der Waals surface area contributed by atoms with E-state index in [1.54, 1.807) is 0 Å².